The third-order valence-electron chi connectivity index (χ3n) is 2.16. The van der Waals surface area contributed by atoms with E-state index in [9.17, 15) is 23.1 Å². The van der Waals surface area contributed by atoms with E-state index < -0.39 is 18.4 Å². The van der Waals surface area contributed by atoms with Gasteiger partial charge in [0, 0.05) is 0 Å². The first kappa shape index (κ1) is 15.3. The van der Waals surface area contributed by atoms with E-state index in [1.54, 1.807) is 6.92 Å². The molecule has 0 amide bonds. The van der Waals surface area contributed by atoms with Crippen LogP contribution >= 0.6 is 0 Å². The highest BCUT2D eigenvalue weighted by Gasteiger charge is 2.31. The zero-order chi connectivity index (χ0) is 14.5. The lowest BCUT2D eigenvalue weighted by Gasteiger charge is -2.12. The molecule has 4 nitrogen and oxygen atoms in total. The Kier molecular flexibility index (Phi) is 5.17. The summed E-state index contributed by atoms with van der Waals surface area (Å²) in [4.78, 5) is 11.1. The molecule has 1 atom stereocenters. The fraction of sp³-hybridized carbons (Fsp3) is 0.417. The van der Waals surface area contributed by atoms with Crippen molar-refractivity contribution in [1.29, 1.82) is 0 Å². The molecule has 0 spiro atoms. The Labute approximate surface area is 107 Å². The number of carbonyl (C=O) groups is 1. The molecule has 7 heteroatoms. The Hall–Kier alpha value is -1.76. The summed E-state index contributed by atoms with van der Waals surface area (Å²) in [5.41, 5.74) is 0.308. The Balaban J connectivity index is 2.63. The molecular formula is C12H13F3O4. The normalized spacial score (nSPS) is 12.9. The maximum absolute atomic E-state index is 11.9. The van der Waals surface area contributed by atoms with Crippen LogP contribution in [0.25, 0.3) is 0 Å². The maximum atomic E-state index is 11.9. The summed E-state index contributed by atoms with van der Waals surface area (Å²) < 4.78 is 44.1. The van der Waals surface area contributed by atoms with Gasteiger partial charge in [0.05, 0.1) is 19.1 Å². The molecule has 1 aromatic carbocycles. The number of esters is 1. The number of carbonyl (C=O) groups excluding carboxylic acids is 1. The molecule has 0 aliphatic rings. The predicted octanol–water partition coefficient (Wildman–Crippen LogP) is 2.57. The number of aliphatic hydroxyl groups is 1. The van der Waals surface area contributed by atoms with Crippen LogP contribution in [0.15, 0.2) is 24.3 Å². The average molecular weight is 278 g/mol. The summed E-state index contributed by atoms with van der Waals surface area (Å²) >= 11 is 0. The monoisotopic (exact) mass is 278 g/mol. The lowest BCUT2D eigenvalue weighted by molar-refractivity contribution is -0.274. The highest BCUT2D eigenvalue weighted by molar-refractivity contribution is 5.70. The predicted molar refractivity (Wildman–Crippen MR) is 59.3 cm³/mol. The van der Waals surface area contributed by atoms with E-state index in [0.29, 0.717) is 5.56 Å². The first-order valence-electron chi connectivity index (χ1n) is 5.51. The quantitative estimate of drug-likeness (QED) is 0.841. The second-order valence-electron chi connectivity index (χ2n) is 3.64. The van der Waals surface area contributed by atoms with Crippen LogP contribution in [0.5, 0.6) is 5.75 Å². The first-order chi connectivity index (χ1) is 8.81. The molecule has 0 aliphatic carbocycles. The molecule has 1 unspecified atom stereocenters. The Morgan fingerprint density at radius 2 is 1.89 bits per heavy atom. The summed E-state index contributed by atoms with van der Waals surface area (Å²) in [7, 11) is 0. The number of alkyl halides is 3. The van der Waals surface area contributed by atoms with E-state index in [2.05, 4.69) is 9.47 Å². The van der Waals surface area contributed by atoms with E-state index in [0.717, 1.165) is 12.1 Å². The highest BCUT2D eigenvalue weighted by Crippen LogP contribution is 2.25. The summed E-state index contributed by atoms with van der Waals surface area (Å²) in [5.74, 6) is -0.967. The molecule has 106 valence electrons. The van der Waals surface area contributed by atoms with Crippen molar-refractivity contribution in [3.05, 3.63) is 29.8 Å². The molecular weight excluding hydrogens is 265 g/mol. The molecule has 0 saturated carbocycles. The Morgan fingerprint density at radius 1 is 1.32 bits per heavy atom. The number of aliphatic hydroxyl groups excluding tert-OH is 1. The minimum atomic E-state index is -4.76. The molecule has 0 heterocycles. The molecule has 0 saturated heterocycles. The maximum Gasteiger partial charge on any atom is 0.573 e. The minimum absolute atomic E-state index is 0.198. The molecule has 0 fully saturated rings. The van der Waals surface area contributed by atoms with Crippen LogP contribution in [-0.4, -0.2) is 24.0 Å². The van der Waals surface area contributed by atoms with Crippen molar-refractivity contribution >= 4 is 5.97 Å². The topological polar surface area (TPSA) is 55.8 Å². The summed E-state index contributed by atoms with van der Waals surface area (Å²) in [6.07, 6.45) is -6.14. The van der Waals surface area contributed by atoms with Crippen molar-refractivity contribution < 1.29 is 32.5 Å². The van der Waals surface area contributed by atoms with E-state index in [-0.39, 0.29) is 18.8 Å². The van der Waals surface area contributed by atoms with Gasteiger partial charge in [0.15, 0.2) is 0 Å². The molecule has 0 radical (unpaired) electrons. The van der Waals surface area contributed by atoms with Crippen LogP contribution in [0.2, 0.25) is 0 Å². The number of ether oxygens (including phenoxy) is 2. The van der Waals surface area contributed by atoms with Gasteiger partial charge in [0.2, 0.25) is 0 Å². The molecule has 1 N–H and O–H groups in total. The largest absolute Gasteiger partial charge is 0.573 e. The zero-order valence-electron chi connectivity index (χ0n) is 10.1. The molecule has 19 heavy (non-hydrogen) atoms. The van der Waals surface area contributed by atoms with Gasteiger partial charge in [0.25, 0.3) is 0 Å². The molecule has 1 aromatic rings. The van der Waals surface area contributed by atoms with Crippen LogP contribution in [0.1, 0.15) is 25.0 Å². The van der Waals surface area contributed by atoms with Crippen molar-refractivity contribution in [2.45, 2.75) is 25.8 Å². The van der Waals surface area contributed by atoms with Crippen LogP contribution < -0.4 is 4.74 Å². The SMILES string of the molecule is CCOC(=O)CC(O)c1ccc(OC(F)(F)F)cc1. The van der Waals surface area contributed by atoms with Gasteiger partial charge in [0.1, 0.15) is 5.75 Å². The van der Waals surface area contributed by atoms with Gasteiger partial charge >= 0.3 is 12.3 Å². The first-order valence-corrected chi connectivity index (χ1v) is 5.51. The third kappa shape index (κ3) is 5.60. The van der Waals surface area contributed by atoms with Crippen molar-refractivity contribution in [3.63, 3.8) is 0 Å². The van der Waals surface area contributed by atoms with Gasteiger partial charge in [-0.05, 0) is 24.6 Å². The number of benzene rings is 1. The summed E-state index contributed by atoms with van der Waals surface area (Å²) in [6.45, 7) is 1.83. The van der Waals surface area contributed by atoms with Crippen molar-refractivity contribution in [2.75, 3.05) is 6.61 Å². The average Bonchev–Trinajstić information content (AvgIpc) is 2.27. The van der Waals surface area contributed by atoms with E-state index >= 15 is 0 Å². The van der Waals surface area contributed by atoms with Gasteiger partial charge in [-0.25, -0.2) is 0 Å². The number of hydrogen-bond donors (Lipinski definition) is 1. The fourth-order valence-corrected chi connectivity index (χ4v) is 1.39. The van der Waals surface area contributed by atoms with Gasteiger partial charge < -0.3 is 14.6 Å². The standard InChI is InChI=1S/C12H13F3O4/c1-2-18-11(17)7-10(16)8-3-5-9(6-4-8)19-12(13,14)15/h3-6,10,16H,2,7H2,1H3. The van der Waals surface area contributed by atoms with Crippen LogP contribution in [0, 0.1) is 0 Å². The van der Waals surface area contributed by atoms with Gasteiger partial charge in [-0.3, -0.25) is 4.79 Å². The Bertz CT molecular complexity index is 414. The third-order valence-corrected chi connectivity index (χ3v) is 2.16. The molecule has 0 aromatic heterocycles. The minimum Gasteiger partial charge on any atom is -0.466 e. The smallest absolute Gasteiger partial charge is 0.466 e. The van der Waals surface area contributed by atoms with Crippen LogP contribution in [0.4, 0.5) is 13.2 Å². The van der Waals surface area contributed by atoms with Crippen molar-refractivity contribution in [3.8, 4) is 5.75 Å². The number of hydrogen-bond acceptors (Lipinski definition) is 4. The molecule has 1 rings (SSSR count). The summed E-state index contributed by atoms with van der Waals surface area (Å²) in [6, 6.07) is 4.64. The lowest BCUT2D eigenvalue weighted by atomic mass is 10.1. The van der Waals surface area contributed by atoms with E-state index in [4.69, 9.17) is 0 Å². The van der Waals surface area contributed by atoms with E-state index in [1.165, 1.54) is 12.1 Å². The van der Waals surface area contributed by atoms with Crippen LogP contribution in [0.3, 0.4) is 0 Å². The van der Waals surface area contributed by atoms with Gasteiger partial charge in [-0.1, -0.05) is 12.1 Å². The summed E-state index contributed by atoms with van der Waals surface area (Å²) in [5, 5.41) is 9.68. The lowest BCUT2D eigenvalue weighted by Crippen LogP contribution is -2.17. The Morgan fingerprint density at radius 3 is 2.37 bits per heavy atom. The number of rotatable bonds is 5. The highest BCUT2D eigenvalue weighted by atomic mass is 19.4. The van der Waals surface area contributed by atoms with E-state index in [1.807, 2.05) is 0 Å². The van der Waals surface area contributed by atoms with Gasteiger partial charge in [-0.2, -0.15) is 0 Å². The second kappa shape index (κ2) is 6.42. The van der Waals surface area contributed by atoms with Crippen LogP contribution in [-0.2, 0) is 9.53 Å². The zero-order valence-corrected chi connectivity index (χ0v) is 10.1. The van der Waals surface area contributed by atoms with Crippen molar-refractivity contribution in [1.82, 2.24) is 0 Å². The second-order valence-corrected chi connectivity index (χ2v) is 3.64. The van der Waals surface area contributed by atoms with Gasteiger partial charge in [-0.15, -0.1) is 13.2 Å². The molecule has 0 aliphatic heterocycles. The molecule has 0 bridgehead atoms. The van der Waals surface area contributed by atoms with Crippen molar-refractivity contribution in [2.24, 2.45) is 0 Å². The fourth-order valence-electron chi connectivity index (χ4n) is 1.39. The number of halogens is 3.